The first-order chi connectivity index (χ1) is 11.7. The number of nitrogens with one attached hydrogen (secondary N) is 1. The van der Waals surface area contributed by atoms with E-state index in [9.17, 15) is 4.79 Å². The highest BCUT2D eigenvalue weighted by Crippen LogP contribution is 2.30. The van der Waals surface area contributed by atoms with E-state index in [0.29, 0.717) is 0 Å². The van der Waals surface area contributed by atoms with Crippen molar-refractivity contribution >= 4 is 27.6 Å². The molecule has 2 heterocycles. The predicted octanol–water partition coefficient (Wildman–Crippen LogP) is 4.60. The number of rotatable bonds is 4. The van der Waals surface area contributed by atoms with Crippen LogP contribution in [0.15, 0.2) is 69.9 Å². The van der Waals surface area contributed by atoms with Crippen molar-refractivity contribution in [3.05, 3.63) is 72.4 Å². The summed E-state index contributed by atoms with van der Waals surface area (Å²) in [4.78, 5) is 12.4. The van der Waals surface area contributed by atoms with E-state index >= 15 is 0 Å². The number of furan rings is 2. The van der Waals surface area contributed by atoms with Crippen molar-refractivity contribution in [1.29, 1.82) is 0 Å². The lowest BCUT2D eigenvalue weighted by molar-refractivity contribution is -0.121. The maximum atomic E-state index is 12.4. The van der Waals surface area contributed by atoms with E-state index in [0.717, 1.165) is 33.1 Å². The van der Waals surface area contributed by atoms with E-state index in [1.165, 1.54) is 0 Å². The van der Waals surface area contributed by atoms with Gasteiger partial charge < -0.3 is 14.2 Å². The lowest BCUT2D eigenvalue weighted by atomic mass is 10.0. The normalized spacial score (nSPS) is 12.5. The minimum atomic E-state index is -0.164. The van der Waals surface area contributed by atoms with Gasteiger partial charge >= 0.3 is 0 Å². The van der Waals surface area contributed by atoms with Gasteiger partial charge in [-0.2, -0.15) is 0 Å². The van der Waals surface area contributed by atoms with Crippen molar-refractivity contribution < 1.29 is 13.6 Å². The molecule has 0 spiro atoms. The summed E-state index contributed by atoms with van der Waals surface area (Å²) in [6.45, 7) is 1.90. The summed E-state index contributed by atoms with van der Waals surface area (Å²) in [6, 6.07) is 15.6. The number of hydrogen-bond acceptors (Lipinski definition) is 3. The SMILES string of the molecule is C[C@@H](NC(=O)Cc1coc2ccc3ccccc3c12)c1ccco1. The zero-order valence-electron chi connectivity index (χ0n) is 13.3. The van der Waals surface area contributed by atoms with Gasteiger partial charge in [-0.1, -0.05) is 30.3 Å². The quantitative estimate of drug-likeness (QED) is 0.598. The maximum Gasteiger partial charge on any atom is 0.225 e. The number of carbonyl (C=O) groups excluding carboxylic acids is 1. The first kappa shape index (κ1) is 14.6. The average Bonchev–Trinajstić information content (AvgIpc) is 3.25. The molecule has 4 aromatic rings. The molecular weight excluding hydrogens is 302 g/mol. The Hall–Kier alpha value is -3.01. The average molecular weight is 319 g/mol. The van der Waals surface area contributed by atoms with Crippen LogP contribution in [0.3, 0.4) is 0 Å². The number of amides is 1. The van der Waals surface area contributed by atoms with Crippen LogP contribution in [-0.2, 0) is 11.2 Å². The van der Waals surface area contributed by atoms with Gasteiger partial charge in [-0.3, -0.25) is 4.79 Å². The van der Waals surface area contributed by atoms with Crippen molar-refractivity contribution in [3.8, 4) is 0 Å². The molecule has 0 radical (unpaired) electrons. The Morgan fingerprint density at radius 3 is 2.79 bits per heavy atom. The van der Waals surface area contributed by atoms with Crippen molar-refractivity contribution in [3.63, 3.8) is 0 Å². The summed E-state index contributed by atoms with van der Waals surface area (Å²) in [5.74, 6) is 0.681. The van der Waals surface area contributed by atoms with Gasteiger partial charge in [0.25, 0.3) is 0 Å². The third-order valence-electron chi connectivity index (χ3n) is 4.24. The summed E-state index contributed by atoms with van der Waals surface area (Å²) in [5.41, 5.74) is 1.70. The molecule has 4 heteroatoms. The Morgan fingerprint density at radius 1 is 1.08 bits per heavy atom. The molecular formula is C20H17NO3. The Bertz CT molecular complexity index is 998. The van der Waals surface area contributed by atoms with E-state index in [1.54, 1.807) is 12.5 Å². The van der Waals surface area contributed by atoms with Crippen LogP contribution in [0.5, 0.6) is 0 Å². The summed E-state index contributed by atoms with van der Waals surface area (Å²) >= 11 is 0. The first-order valence-corrected chi connectivity index (χ1v) is 7.93. The molecule has 0 saturated carbocycles. The molecule has 0 fully saturated rings. The van der Waals surface area contributed by atoms with Crippen LogP contribution in [0.1, 0.15) is 24.3 Å². The van der Waals surface area contributed by atoms with Gasteiger partial charge in [0, 0.05) is 10.9 Å². The number of fused-ring (bicyclic) bond motifs is 3. The van der Waals surface area contributed by atoms with Crippen LogP contribution in [0.2, 0.25) is 0 Å². The maximum absolute atomic E-state index is 12.4. The predicted molar refractivity (Wildman–Crippen MR) is 92.7 cm³/mol. The van der Waals surface area contributed by atoms with E-state index < -0.39 is 0 Å². The third kappa shape index (κ3) is 2.56. The van der Waals surface area contributed by atoms with Crippen molar-refractivity contribution in [2.75, 3.05) is 0 Å². The molecule has 4 nitrogen and oxygen atoms in total. The van der Waals surface area contributed by atoms with Gasteiger partial charge in [0.15, 0.2) is 0 Å². The molecule has 1 N–H and O–H groups in total. The molecule has 0 saturated heterocycles. The zero-order valence-corrected chi connectivity index (χ0v) is 13.3. The van der Waals surface area contributed by atoms with Gasteiger partial charge in [0.1, 0.15) is 11.3 Å². The number of benzene rings is 2. The van der Waals surface area contributed by atoms with Crippen LogP contribution < -0.4 is 5.32 Å². The second-order valence-electron chi connectivity index (χ2n) is 5.90. The Labute approximate surface area is 139 Å². The van der Waals surface area contributed by atoms with Gasteiger partial charge in [0.2, 0.25) is 5.91 Å². The Kier molecular flexibility index (Phi) is 3.58. The lowest BCUT2D eigenvalue weighted by Crippen LogP contribution is -2.27. The molecule has 4 rings (SSSR count). The zero-order chi connectivity index (χ0) is 16.5. The molecule has 0 bridgehead atoms. The second-order valence-corrected chi connectivity index (χ2v) is 5.90. The molecule has 1 amide bonds. The Morgan fingerprint density at radius 2 is 1.96 bits per heavy atom. The largest absolute Gasteiger partial charge is 0.467 e. The van der Waals surface area contributed by atoms with Gasteiger partial charge in [-0.15, -0.1) is 0 Å². The van der Waals surface area contributed by atoms with E-state index in [2.05, 4.69) is 17.4 Å². The molecule has 120 valence electrons. The van der Waals surface area contributed by atoms with E-state index in [4.69, 9.17) is 8.83 Å². The fraction of sp³-hybridized carbons (Fsp3) is 0.150. The van der Waals surface area contributed by atoms with Crippen molar-refractivity contribution in [2.24, 2.45) is 0 Å². The molecule has 0 aliphatic rings. The lowest BCUT2D eigenvalue weighted by Gasteiger charge is -2.11. The molecule has 1 atom stereocenters. The van der Waals surface area contributed by atoms with Crippen LogP contribution in [0.4, 0.5) is 0 Å². The summed E-state index contributed by atoms with van der Waals surface area (Å²) in [5, 5.41) is 6.21. The van der Waals surface area contributed by atoms with Crippen LogP contribution >= 0.6 is 0 Å². The van der Waals surface area contributed by atoms with Gasteiger partial charge in [0.05, 0.1) is 25.0 Å². The molecule has 0 unspecified atom stereocenters. The molecule has 2 aromatic carbocycles. The molecule has 2 aromatic heterocycles. The summed E-state index contributed by atoms with van der Waals surface area (Å²) in [7, 11) is 0. The highest BCUT2D eigenvalue weighted by molar-refractivity contribution is 6.08. The van der Waals surface area contributed by atoms with Crippen LogP contribution in [-0.4, -0.2) is 5.91 Å². The standard InChI is InChI=1S/C20H17NO3/c1-13(17-7-4-10-23-17)21-19(22)11-15-12-24-18-9-8-14-5-2-3-6-16(14)20(15)18/h2-10,12-13H,11H2,1H3,(H,21,22)/t13-/m1/s1. The molecule has 0 aliphatic carbocycles. The van der Waals surface area contributed by atoms with Crippen molar-refractivity contribution in [1.82, 2.24) is 5.32 Å². The van der Waals surface area contributed by atoms with Gasteiger partial charge in [-0.05, 0) is 35.9 Å². The fourth-order valence-electron chi connectivity index (χ4n) is 3.08. The highest BCUT2D eigenvalue weighted by Gasteiger charge is 2.16. The minimum absolute atomic E-state index is 0.0606. The molecule has 0 aliphatic heterocycles. The van der Waals surface area contributed by atoms with Gasteiger partial charge in [-0.25, -0.2) is 0 Å². The summed E-state index contributed by atoms with van der Waals surface area (Å²) < 4.78 is 11.0. The smallest absolute Gasteiger partial charge is 0.225 e. The number of carbonyl (C=O) groups is 1. The number of hydrogen-bond donors (Lipinski definition) is 1. The summed E-state index contributed by atoms with van der Waals surface area (Å²) in [6.07, 6.45) is 3.55. The van der Waals surface area contributed by atoms with Crippen molar-refractivity contribution in [2.45, 2.75) is 19.4 Å². The first-order valence-electron chi connectivity index (χ1n) is 7.93. The van der Waals surface area contributed by atoms with E-state index in [-0.39, 0.29) is 18.4 Å². The molecule has 24 heavy (non-hydrogen) atoms. The highest BCUT2D eigenvalue weighted by atomic mass is 16.3. The topological polar surface area (TPSA) is 55.4 Å². The second kappa shape index (κ2) is 5.89. The third-order valence-corrected chi connectivity index (χ3v) is 4.24. The van der Waals surface area contributed by atoms with Crippen LogP contribution in [0.25, 0.3) is 21.7 Å². The minimum Gasteiger partial charge on any atom is -0.467 e. The Balaban J connectivity index is 1.62. The fourth-order valence-corrected chi connectivity index (χ4v) is 3.08. The van der Waals surface area contributed by atoms with E-state index in [1.807, 2.05) is 43.3 Å². The van der Waals surface area contributed by atoms with Crippen LogP contribution in [0, 0.1) is 0 Å². The monoisotopic (exact) mass is 319 g/mol.